The van der Waals surface area contributed by atoms with Crippen LogP contribution in [0.4, 0.5) is 17.5 Å². The highest BCUT2D eigenvalue weighted by molar-refractivity contribution is 6.04. The molecule has 0 bridgehead atoms. The number of nitrogens with one attached hydrogen (secondary N) is 3. The fraction of sp³-hybridized carbons (Fsp3) is 0.455. The first-order chi connectivity index (χ1) is 14.3. The van der Waals surface area contributed by atoms with Crippen molar-refractivity contribution in [1.29, 1.82) is 0 Å². The molecule has 2 aliphatic heterocycles. The van der Waals surface area contributed by atoms with Crippen molar-refractivity contribution in [3.8, 4) is 0 Å². The van der Waals surface area contributed by atoms with E-state index >= 15 is 0 Å². The van der Waals surface area contributed by atoms with Gasteiger partial charge >= 0.3 is 0 Å². The number of benzene rings is 1. The van der Waals surface area contributed by atoms with Gasteiger partial charge in [0, 0.05) is 25.2 Å². The van der Waals surface area contributed by atoms with Crippen molar-refractivity contribution in [2.75, 3.05) is 28.6 Å². The van der Waals surface area contributed by atoms with E-state index in [0.717, 1.165) is 37.1 Å². The predicted octanol–water partition coefficient (Wildman–Crippen LogP) is 2.69. The molecule has 1 saturated heterocycles. The first kappa shape index (κ1) is 20.1. The number of aromatic amines is 1. The molecule has 0 saturated carbocycles. The zero-order valence-electron chi connectivity index (χ0n) is 17.5. The van der Waals surface area contributed by atoms with Gasteiger partial charge in [-0.2, -0.15) is 4.98 Å². The van der Waals surface area contributed by atoms with Gasteiger partial charge in [-0.1, -0.05) is 13.0 Å². The maximum atomic E-state index is 13.0. The summed E-state index contributed by atoms with van der Waals surface area (Å²) in [7, 11) is 0. The van der Waals surface area contributed by atoms with Crippen molar-refractivity contribution in [3.05, 3.63) is 45.2 Å². The number of anilines is 3. The molecule has 1 aromatic carbocycles. The Labute approximate surface area is 175 Å². The molecule has 2 atom stereocenters. The number of aryl methyl sites for hydroxylation is 2. The van der Waals surface area contributed by atoms with Crippen LogP contribution < -0.4 is 21.1 Å². The Bertz CT molecular complexity index is 1060. The highest BCUT2D eigenvalue weighted by Crippen LogP contribution is 2.31. The highest BCUT2D eigenvalue weighted by atomic mass is 16.2. The zero-order chi connectivity index (χ0) is 21.4. The summed E-state index contributed by atoms with van der Waals surface area (Å²) in [5, 5.41) is 5.52. The molecule has 2 amide bonds. The lowest BCUT2D eigenvalue weighted by Crippen LogP contribution is -2.40. The van der Waals surface area contributed by atoms with Crippen molar-refractivity contribution >= 4 is 29.3 Å². The molecule has 30 heavy (non-hydrogen) atoms. The fourth-order valence-electron chi connectivity index (χ4n) is 4.16. The van der Waals surface area contributed by atoms with Gasteiger partial charge in [-0.05, 0) is 55.9 Å². The number of fused-ring (bicyclic) bond motifs is 1. The van der Waals surface area contributed by atoms with Gasteiger partial charge in [0.05, 0.1) is 11.5 Å². The summed E-state index contributed by atoms with van der Waals surface area (Å²) >= 11 is 0. The maximum absolute atomic E-state index is 13.0. The van der Waals surface area contributed by atoms with Crippen molar-refractivity contribution in [3.63, 3.8) is 0 Å². The number of carbonyl (C=O) groups excluding carboxylic acids is 2. The molecule has 2 aliphatic rings. The third-order valence-corrected chi connectivity index (χ3v) is 5.99. The Morgan fingerprint density at radius 3 is 2.77 bits per heavy atom. The Morgan fingerprint density at radius 1 is 1.23 bits per heavy atom. The van der Waals surface area contributed by atoms with E-state index in [0.29, 0.717) is 17.6 Å². The smallest absolute Gasteiger partial charge is 0.258 e. The van der Waals surface area contributed by atoms with Gasteiger partial charge in [0.15, 0.2) is 0 Å². The minimum atomic E-state index is -0.888. The Balaban J connectivity index is 1.64. The number of hydrogen-bond donors (Lipinski definition) is 3. The second-order valence-corrected chi connectivity index (χ2v) is 8.44. The molecule has 3 heterocycles. The van der Waals surface area contributed by atoms with E-state index < -0.39 is 5.92 Å². The molecule has 2 aromatic rings. The van der Waals surface area contributed by atoms with Crippen LogP contribution in [0, 0.1) is 19.8 Å². The average molecular weight is 409 g/mol. The second kappa shape index (κ2) is 7.93. The molecule has 4 rings (SSSR count). The molecule has 8 nitrogen and oxygen atoms in total. The Morgan fingerprint density at radius 2 is 2.03 bits per heavy atom. The average Bonchev–Trinajstić information content (AvgIpc) is 2.69. The summed E-state index contributed by atoms with van der Waals surface area (Å²) in [5.41, 5.74) is 2.64. The molecule has 158 valence electrons. The molecule has 0 aliphatic carbocycles. The Kier molecular flexibility index (Phi) is 5.32. The first-order valence-corrected chi connectivity index (χ1v) is 10.4. The Hall–Kier alpha value is -3.16. The maximum Gasteiger partial charge on any atom is 0.258 e. The van der Waals surface area contributed by atoms with Crippen molar-refractivity contribution in [1.82, 2.24) is 9.97 Å². The van der Waals surface area contributed by atoms with Crippen LogP contribution in [0.5, 0.6) is 0 Å². The van der Waals surface area contributed by atoms with Gasteiger partial charge in [0.25, 0.3) is 5.56 Å². The van der Waals surface area contributed by atoms with Crippen molar-refractivity contribution in [2.45, 2.75) is 46.0 Å². The summed E-state index contributed by atoms with van der Waals surface area (Å²) in [6.45, 7) is 7.72. The number of aromatic nitrogens is 2. The van der Waals surface area contributed by atoms with E-state index in [9.17, 15) is 14.4 Å². The van der Waals surface area contributed by atoms with Gasteiger partial charge in [0.2, 0.25) is 17.8 Å². The molecule has 1 fully saturated rings. The minimum Gasteiger partial charge on any atom is -0.342 e. The molecule has 0 radical (unpaired) electrons. The van der Waals surface area contributed by atoms with Gasteiger partial charge in [-0.3, -0.25) is 19.4 Å². The van der Waals surface area contributed by atoms with Crippen LogP contribution in [-0.4, -0.2) is 34.9 Å². The summed E-state index contributed by atoms with van der Waals surface area (Å²) in [4.78, 5) is 47.6. The third kappa shape index (κ3) is 3.94. The summed E-state index contributed by atoms with van der Waals surface area (Å²) in [5.74, 6) is -0.462. The number of amides is 2. The van der Waals surface area contributed by atoms with Crippen LogP contribution in [0.2, 0.25) is 0 Å². The molecular weight excluding hydrogens is 382 g/mol. The molecule has 3 N–H and O–H groups in total. The van der Waals surface area contributed by atoms with Crippen molar-refractivity contribution in [2.24, 2.45) is 5.92 Å². The van der Waals surface area contributed by atoms with Crippen LogP contribution in [0.1, 0.15) is 48.8 Å². The number of H-pyrrole nitrogens is 1. The van der Waals surface area contributed by atoms with Crippen molar-refractivity contribution < 1.29 is 9.59 Å². The van der Waals surface area contributed by atoms with Crippen LogP contribution in [0.25, 0.3) is 0 Å². The predicted molar refractivity (Wildman–Crippen MR) is 116 cm³/mol. The van der Waals surface area contributed by atoms with Crippen LogP contribution in [-0.2, 0) is 9.59 Å². The summed E-state index contributed by atoms with van der Waals surface area (Å²) < 4.78 is 0. The minimum absolute atomic E-state index is 0.0888. The molecule has 0 unspecified atom stereocenters. The second-order valence-electron chi connectivity index (χ2n) is 8.44. The zero-order valence-corrected chi connectivity index (χ0v) is 17.5. The quantitative estimate of drug-likeness (QED) is 0.723. The molecule has 1 aromatic heterocycles. The van der Waals surface area contributed by atoms with E-state index in [1.54, 1.807) is 0 Å². The lowest BCUT2D eigenvalue weighted by Gasteiger charge is -2.32. The van der Waals surface area contributed by atoms with Gasteiger partial charge in [-0.25, -0.2) is 0 Å². The normalized spacial score (nSPS) is 21.0. The molecule has 0 spiro atoms. The SMILES string of the molecule is Cc1ccc(NC(=O)[C@@H]2CC(=O)Nc3nc(N4CCC[C@H](C)C4)[nH]c(=O)c32)cc1C. The monoisotopic (exact) mass is 409 g/mol. The van der Waals surface area contributed by atoms with Gasteiger partial charge in [0.1, 0.15) is 5.82 Å². The number of nitrogens with zero attached hydrogens (tertiary/aromatic N) is 2. The molecule has 8 heteroatoms. The number of rotatable bonds is 3. The largest absolute Gasteiger partial charge is 0.342 e. The standard InChI is InChI=1S/C22H27N5O3/c1-12-5-4-8-27(11-12)22-25-19-18(21(30)26-22)16(10-17(28)24-19)20(29)23-15-7-6-13(2)14(3)9-15/h6-7,9,12,16H,4-5,8,10-11H2,1-3H3,(H,23,29)(H2,24,25,26,28,30)/t12-,16+/m0/s1. The fourth-order valence-corrected chi connectivity index (χ4v) is 4.16. The van der Waals surface area contributed by atoms with Crippen LogP contribution >= 0.6 is 0 Å². The number of hydrogen-bond acceptors (Lipinski definition) is 5. The highest BCUT2D eigenvalue weighted by Gasteiger charge is 2.35. The van der Waals surface area contributed by atoms with E-state index in [-0.39, 0.29) is 35.2 Å². The van der Waals surface area contributed by atoms with Crippen LogP contribution in [0.15, 0.2) is 23.0 Å². The lowest BCUT2D eigenvalue weighted by molar-refractivity contribution is -0.123. The summed E-state index contributed by atoms with van der Waals surface area (Å²) in [6.07, 6.45) is 2.08. The van der Waals surface area contributed by atoms with E-state index in [2.05, 4.69) is 27.5 Å². The number of piperidine rings is 1. The first-order valence-electron chi connectivity index (χ1n) is 10.4. The van der Waals surface area contributed by atoms with E-state index in [1.807, 2.05) is 36.9 Å². The molecular formula is C22H27N5O3. The van der Waals surface area contributed by atoms with Gasteiger partial charge in [-0.15, -0.1) is 0 Å². The topological polar surface area (TPSA) is 107 Å². The van der Waals surface area contributed by atoms with Crippen LogP contribution in [0.3, 0.4) is 0 Å². The van der Waals surface area contributed by atoms with E-state index in [1.165, 1.54) is 0 Å². The number of carbonyl (C=O) groups is 2. The lowest BCUT2D eigenvalue weighted by atomic mass is 9.92. The van der Waals surface area contributed by atoms with E-state index in [4.69, 9.17) is 0 Å². The van der Waals surface area contributed by atoms with Gasteiger partial charge < -0.3 is 15.5 Å². The summed E-state index contributed by atoms with van der Waals surface area (Å²) in [6, 6.07) is 5.61. The third-order valence-electron chi connectivity index (χ3n) is 5.99.